The molecule has 1 aliphatic carbocycles. The molecule has 1 aromatic carbocycles. The van der Waals surface area contributed by atoms with Gasteiger partial charge in [-0.1, -0.05) is 43.0 Å². The largest absolute Gasteiger partial charge is 0.389 e. The van der Waals surface area contributed by atoms with E-state index in [4.69, 9.17) is 0 Å². The Morgan fingerprint density at radius 2 is 2.08 bits per heavy atom. The number of hydrogen-bond acceptors (Lipinski definition) is 3. The van der Waals surface area contributed by atoms with E-state index in [1.807, 2.05) is 4.90 Å². The molecular formula is C20H30N2O2. The number of carbonyl (C=O) groups is 1. The highest BCUT2D eigenvalue weighted by atomic mass is 16.3. The maximum atomic E-state index is 12.6. The number of fused-ring (bicyclic) bond motifs is 1. The lowest BCUT2D eigenvalue weighted by molar-refractivity contribution is -0.133. The first-order chi connectivity index (χ1) is 11.5. The number of amides is 1. The summed E-state index contributed by atoms with van der Waals surface area (Å²) < 4.78 is 0. The predicted molar refractivity (Wildman–Crippen MR) is 95.9 cm³/mol. The number of benzene rings is 1. The van der Waals surface area contributed by atoms with Crippen LogP contribution in [0.4, 0.5) is 0 Å². The molecule has 0 saturated heterocycles. The second-order valence-electron chi connectivity index (χ2n) is 7.60. The van der Waals surface area contributed by atoms with E-state index in [-0.39, 0.29) is 11.9 Å². The molecule has 2 N–H and O–H groups in total. The van der Waals surface area contributed by atoms with E-state index in [1.165, 1.54) is 23.1 Å². The molecule has 2 aliphatic rings. The van der Waals surface area contributed by atoms with Gasteiger partial charge in [0.25, 0.3) is 0 Å². The van der Waals surface area contributed by atoms with Crippen LogP contribution in [0.25, 0.3) is 0 Å². The molecule has 1 atom stereocenters. The topological polar surface area (TPSA) is 52.6 Å². The van der Waals surface area contributed by atoms with Gasteiger partial charge in [-0.05, 0) is 44.2 Å². The molecule has 132 valence electrons. The number of aryl methyl sites for hydroxylation is 1. The van der Waals surface area contributed by atoms with Crippen LogP contribution in [0.5, 0.6) is 0 Å². The zero-order valence-electron chi connectivity index (χ0n) is 15.0. The molecule has 1 saturated carbocycles. The zero-order valence-corrected chi connectivity index (χ0v) is 15.0. The second-order valence-corrected chi connectivity index (χ2v) is 7.60. The predicted octanol–water partition coefficient (Wildman–Crippen LogP) is 2.73. The fourth-order valence-corrected chi connectivity index (χ4v) is 4.19. The van der Waals surface area contributed by atoms with Crippen LogP contribution >= 0.6 is 0 Å². The molecule has 0 spiro atoms. The standard InChI is InChI=1S/C20H30N2O2/c1-15-6-7-18-16(2)22(11-8-17(18)12-15)19(23)13-21-14-20(24)9-4-3-5-10-20/h6-7,12,16,21,24H,3-5,8-11,13-14H2,1-2H3. The van der Waals surface area contributed by atoms with Gasteiger partial charge in [0.2, 0.25) is 5.91 Å². The number of nitrogens with zero attached hydrogens (tertiary/aromatic N) is 1. The van der Waals surface area contributed by atoms with Gasteiger partial charge in [0.1, 0.15) is 0 Å². The normalized spacial score (nSPS) is 23.0. The van der Waals surface area contributed by atoms with Crippen molar-refractivity contribution < 1.29 is 9.90 Å². The van der Waals surface area contributed by atoms with Crippen molar-refractivity contribution in [3.8, 4) is 0 Å². The third-order valence-corrected chi connectivity index (χ3v) is 5.67. The van der Waals surface area contributed by atoms with E-state index in [0.717, 1.165) is 38.6 Å². The van der Waals surface area contributed by atoms with Crippen LogP contribution in [0.1, 0.15) is 61.8 Å². The molecule has 0 aromatic heterocycles. The summed E-state index contributed by atoms with van der Waals surface area (Å²) in [6, 6.07) is 6.65. The highest BCUT2D eigenvalue weighted by molar-refractivity contribution is 5.79. The maximum Gasteiger partial charge on any atom is 0.237 e. The van der Waals surface area contributed by atoms with Crippen molar-refractivity contribution in [2.75, 3.05) is 19.6 Å². The van der Waals surface area contributed by atoms with Gasteiger partial charge in [-0.2, -0.15) is 0 Å². The summed E-state index contributed by atoms with van der Waals surface area (Å²) in [5.74, 6) is 0.133. The first kappa shape index (κ1) is 17.4. The van der Waals surface area contributed by atoms with Gasteiger partial charge in [-0.15, -0.1) is 0 Å². The summed E-state index contributed by atoms with van der Waals surface area (Å²) in [5, 5.41) is 13.7. The van der Waals surface area contributed by atoms with Gasteiger partial charge >= 0.3 is 0 Å². The molecule has 1 aliphatic heterocycles. The average Bonchev–Trinajstić information content (AvgIpc) is 2.55. The average molecular weight is 330 g/mol. The molecule has 1 heterocycles. The van der Waals surface area contributed by atoms with Gasteiger partial charge < -0.3 is 15.3 Å². The fraction of sp³-hybridized carbons (Fsp3) is 0.650. The van der Waals surface area contributed by atoms with E-state index < -0.39 is 5.60 Å². The number of carbonyl (C=O) groups excluding carboxylic acids is 1. The van der Waals surface area contributed by atoms with Crippen molar-refractivity contribution in [3.63, 3.8) is 0 Å². The molecule has 4 nitrogen and oxygen atoms in total. The molecule has 1 unspecified atom stereocenters. The van der Waals surface area contributed by atoms with Gasteiger partial charge in [0, 0.05) is 13.1 Å². The van der Waals surface area contributed by atoms with Gasteiger partial charge in [-0.25, -0.2) is 0 Å². The molecule has 1 amide bonds. The Bertz CT molecular complexity index is 593. The van der Waals surface area contributed by atoms with Crippen LogP contribution in [0, 0.1) is 6.92 Å². The lowest BCUT2D eigenvalue weighted by Crippen LogP contribution is -2.47. The van der Waals surface area contributed by atoms with Crippen molar-refractivity contribution >= 4 is 5.91 Å². The third-order valence-electron chi connectivity index (χ3n) is 5.67. The Kier molecular flexibility index (Phi) is 5.26. The summed E-state index contributed by atoms with van der Waals surface area (Å²) >= 11 is 0. The van der Waals surface area contributed by atoms with Crippen molar-refractivity contribution in [1.82, 2.24) is 10.2 Å². The Labute approximate surface area is 145 Å². The van der Waals surface area contributed by atoms with Crippen LogP contribution in [-0.2, 0) is 11.2 Å². The lowest BCUT2D eigenvalue weighted by Gasteiger charge is -2.36. The summed E-state index contributed by atoms with van der Waals surface area (Å²) in [6.07, 6.45) is 6.02. The quantitative estimate of drug-likeness (QED) is 0.892. The minimum Gasteiger partial charge on any atom is -0.389 e. The molecule has 1 aromatic rings. The van der Waals surface area contributed by atoms with Gasteiger partial charge in [0.15, 0.2) is 0 Å². The summed E-state index contributed by atoms with van der Waals surface area (Å²) in [6.45, 7) is 5.84. The van der Waals surface area contributed by atoms with Crippen molar-refractivity contribution in [2.45, 2.75) is 64.0 Å². The highest BCUT2D eigenvalue weighted by Gasteiger charge is 2.30. The van der Waals surface area contributed by atoms with Crippen molar-refractivity contribution in [3.05, 3.63) is 34.9 Å². The number of aliphatic hydroxyl groups is 1. The summed E-state index contributed by atoms with van der Waals surface area (Å²) in [5.41, 5.74) is 3.31. The van der Waals surface area contributed by atoms with Crippen molar-refractivity contribution in [2.24, 2.45) is 0 Å². The molecule has 0 bridgehead atoms. The van der Waals surface area contributed by atoms with Crippen LogP contribution < -0.4 is 5.32 Å². The molecule has 0 radical (unpaired) electrons. The SMILES string of the molecule is Cc1ccc2c(c1)CCN(C(=O)CNCC1(O)CCCCC1)C2C. The van der Waals surface area contributed by atoms with E-state index in [0.29, 0.717) is 13.1 Å². The Morgan fingerprint density at radius 1 is 1.33 bits per heavy atom. The van der Waals surface area contributed by atoms with Crippen LogP contribution in [0.3, 0.4) is 0 Å². The van der Waals surface area contributed by atoms with Crippen LogP contribution in [-0.4, -0.2) is 41.1 Å². The molecule has 3 rings (SSSR count). The first-order valence-corrected chi connectivity index (χ1v) is 9.30. The molecule has 24 heavy (non-hydrogen) atoms. The second kappa shape index (κ2) is 7.24. The molecule has 4 heteroatoms. The van der Waals surface area contributed by atoms with Gasteiger partial charge in [-0.3, -0.25) is 4.79 Å². The number of nitrogens with one attached hydrogen (secondary N) is 1. The smallest absolute Gasteiger partial charge is 0.237 e. The van der Waals surface area contributed by atoms with E-state index >= 15 is 0 Å². The summed E-state index contributed by atoms with van der Waals surface area (Å²) in [4.78, 5) is 14.6. The van der Waals surface area contributed by atoms with E-state index in [1.54, 1.807) is 0 Å². The minimum absolute atomic E-state index is 0.126. The minimum atomic E-state index is -0.615. The molecular weight excluding hydrogens is 300 g/mol. The Balaban J connectivity index is 1.55. The van der Waals surface area contributed by atoms with E-state index in [9.17, 15) is 9.90 Å². The highest BCUT2D eigenvalue weighted by Crippen LogP contribution is 2.30. The first-order valence-electron chi connectivity index (χ1n) is 9.30. The Hall–Kier alpha value is -1.39. The number of rotatable bonds is 4. The third kappa shape index (κ3) is 3.81. The maximum absolute atomic E-state index is 12.6. The van der Waals surface area contributed by atoms with Crippen LogP contribution in [0.2, 0.25) is 0 Å². The Morgan fingerprint density at radius 3 is 2.83 bits per heavy atom. The van der Waals surface area contributed by atoms with Gasteiger partial charge in [0.05, 0.1) is 18.2 Å². The molecule has 1 fully saturated rings. The van der Waals surface area contributed by atoms with Crippen LogP contribution in [0.15, 0.2) is 18.2 Å². The number of hydrogen-bond donors (Lipinski definition) is 2. The van der Waals surface area contributed by atoms with E-state index in [2.05, 4.69) is 37.4 Å². The lowest BCUT2D eigenvalue weighted by atomic mass is 9.85. The summed E-state index contributed by atoms with van der Waals surface area (Å²) in [7, 11) is 0. The fourth-order valence-electron chi connectivity index (χ4n) is 4.19. The monoisotopic (exact) mass is 330 g/mol. The van der Waals surface area contributed by atoms with Crippen molar-refractivity contribution in [1.29, 1.82) is 0 Å². The zero-order chi connectivity index (χ0) is 17.2.